The molecule has 1 aromatic heterocycles. The largest absolute Gasteiger partial charge is 0.483 e. The molecule has 3 nitrogen and oxygen atoms in total. The lowest BCUT2D eigenvalue weighted by atomic mass is 10.4. The summed E-state index contributed by atoms with van der Waals surface area (Å²) >= 11 is 0. The highest BCUT2D eigenvalue weighted by atomic mass is 16.6. The van der Waals surface area contributed by atoms with Gasteiger partial charge in [0.1, 0.15) is 25.2 Å². The van der Waals surface area contributed by atoms with Crippen molar-refractivity contribution >= 4 is 0 Å². The van der Waals surface area contributed by atoms with Crippen LogP contribution in [0.2, 0.25) is 0 Å². The van der Waals surface area contributed by atoms with Crippen LogP contribution in [0.15, 0.2) is 16.9 Å². The first kappa shape index (κ1) is 5.65. The molecule has 0 saturated carbocycles. The van der Waals surface area contributed by atoms with Gasteiger partial charge in [-0.25, -0.2) is 0 Å². The number of furan rings is 1. The van der Waals surface area contributed by atoms with Crippen LogP contribution in [0, 0.1) is 0 Å². The van der Waals surface area contributed by atoms with E-state index in [2.05, 4.69) is 0 Å². The average molecular weight is 140 g/mol. The van der Waals surface area contributed by atoms with E-state index in [1.165, 1.54) is 0 Å². The molecule has 0 amide bonds. The summed E-state index contributed by atoms with van der Waals surface area (Å²) in [7, 11) is 0. The first-order valence-electron chi connectivity index (χ1n) is 3.22. The summed E-state index contributed by atoms with van der Waals surface area (Å²) in [4.78, 5) is 0. The molecule has 0 spiro atoms. The quantitative estimate of drug-likeness (QED) is 0.546. The van der Waals surface area contributed by atoms with Crippen molar-refractivity contribution < 1.29 is 13.9 Å². The lowest BCUT2D eigenvalue weighted by molar-refractivity contribution is 0.106. The maximum absolute atomic E-state index is 5.35. The van der Waals surface area contributed by atoms with Crippen molar-refractivity contribution in [2.45, 2.75) is 13.0 Å². The van der Waals surface area contributed by atoms with Crippen molar-refractivity contribution in [3.05, 3.63) is 12.5 Å². The summed E-state index contributed by atoms with van der Waals surface area (Å²) in [6.45, 7) is 2.56. The van der Waals surface area contributed by atoms with E-state index >= 15 is 0 Å². The molecule has 1 aliphatic rings. The average Bonchev–Trinajstić information content (AvgIpc) is 2.33. The molecule has 0 N–H and O–H groups in total. The molecule has 1 atom stereocenters. The number of fused-ring (bicyclic) bond motifs is 1. The molecule has 0 radical (unpaired) electrons. The molecule has 1 unspecified atom stereocenters. The second kappa shape index (κ2) is 1.94. The van der Waals surface area contributed by atoms with Gasteiger partial charge in [-0.2, -0.15) is 0 Å². The van der Waals surface area contributed by atoms with Crippen LogP contribution in [0.25, 0.3) is 0 Å². The van der Waals surface area contributed by atoms with Crippen molar-refractivity contribution in [3.63, 3.8) is 0 Å². The van der Waals surface area contributed by atoms with Gasteiger partial charge in [0.05, 0.1) is 0 Å². The highest BCUT2D eigenvalue weighted by Crippen LogP contribution is 2.32. The summed E-state index contributed by atoms with van der Waals surface area (Å²) in [6.07, 6.45) is 3.22. The van der Waals surface area contributed by atoms with E-state index in [4.69, 9.17) is 13.9 Å². The Hall–Kier alpha value is -1.12. The van der Waals surface area contributed by atoms with Crippen LogP contribution in [0.5, 0.6) is 11.5 Å². The van der Waals surface area contributed by atoms with Crippen LogP contribution in [-0.4, -0.2) is 12.7 Å². The highest BCUT2D eigenvalue weighted by molar-refractivity contribution is 5.36. The fourth-order valence-electron chi connectivity index (χ4n) is 0.923. The van der Waals surface area contributed by atoms with Crippen molar-refractivity contribution in [3.8, 4) is 11.5 Å². The Labute approximate surface area is 58.5 Å². The number of rotatable bonds is 0. The van der Waals surface area contributed by atoms with Gasteiger partial charge in [-0.1, -0.05) is 0 Å². The van der Waals surface area contributed by atoms with Gasteiger partial charge in [0.2, 0.25) is 0 Å². The summed E-state index contributed by atoms with van der Waals surface area (Å²) < 4.78 is 15.5. The molecule has 2 heterocycles. The Morgan fingerprint density at radius 1 is 1.40 bits per heavy atom. The maximum atomic E-state index is 5.35. The van der Waals surface area contributed by atoms with Crippen LogP contribution in [-0.2, 0) is 0 Å². The lowest BCUT2D eigenvalue weighted by Crippen LogP contribution is -2.24. The molecule has 0 aromatic carbocycles. The Kier molecular flexibility index (Phi) is 1.09. The van der Waals surface area contributed by atoms with Crippen LogP contribution in [0.1, 0.15) is 6.92 Å². The molecular weight excluding hydrogens is 132 g/mol. The van der Waals surface area contributed by atoms with Gasteiger partial charge in [-0.3, -0.25) is 0 Å². The minimum absolute atomic E-state index is 0.130. The predicted octanol–water partition coefficient (Wildman–Crippen LogP) is 1.44. The van der Waals surface area contributed by atoms with Gasteiger partial charge in [-0.05, 0) is 6.92 Å². The molecule has 3 heteroatoms. The molecule has 10 heavy (non-hydrogen) atoms. The van der Waals surface area contributed by atoms with Gasteiger partial charge < -0.3 is 13.9 Å². The van der Waals surface area contributed by atoms with Crippen LogP contribution in [0.4, 0.5) is 0 Å². The monoisotopic (exact) mass is 140 g/mol. The third kappa shape index (κ3) is 0.744. The highest BCUT2D eigenvalue weighted by Gasteiger charge is 2.18. The minimum atomic E-state index is 0.130. The van der Waals surface area contributed by atoms with E-state index in [0.717, 1.165) is 0 Å². The molecule has 54 valence electrons. The van der Waals surface area contributed by atoms with E-state index in [9.17, 15) is 0 Å². The standard InChI is InChI=1S/C7H8O3/c1-5-2-9-6-3-8-4-7(6)10-5/h3-5H,2H2,1H3. The molecule has 1 aromatic rings. The maximum Gasteiger partial charge on any atom is 0.200 e. The third-order valence-corrected chi connectivity index (χ3v) is 1.39. The minimum Gasteiger partial charge on any atom is -0.483 e. The molecule has 1 aliphatic heterocycles. The van der Waals surface area contributed by atoms with E-state index in [-0.39, 0.29) is 6.10 Å². The Morgan fingerprint density at radius 3 is 3.10 bits per heavy atom. The zero-order valence-corrected chi connectivity index (χ0v) is 5.66. The smallest absolute Gasteiger partial charge is 0.200 e. The van der Waals surface area contributed by atoms with E-state index < -0.39 is 0 Å². The number of hydrogen-bond donors (Lipinski definition) is 0. The normalized spacial score (nSPS) is 22.7. The van der Waals surface area contributed by atoms with Crippen molar-refractivity contribution in [2.75, 3.05) is 6.61 Å². The fourth-order valence-corrected chi connectivity index (χ4v) is 0.923. The molecule has 0 aliphatic carbocycles. The summed E-state index contributed by atoms with van der Waals surface area (Å²) in [5, 5.41) is 0. The summed E-state index contributed by atoms with van der Waals surface area (Å²) in [6, 6.07) is 0. The fraction of sp³-hybridized carbons (Fsp3) is 0.429. The second-order valence-corrected chi connectivity index (χ2v) is 2.34. The van der Waals surface area contributed by atoms with Crippen molar-refractivity contribution in [1.29, 1.82) is 0 Å². The van der Waals surface area contributed by atoms with Gasteiger partial charge in [-0.15, -0.1) is 0 Å². The summed E-state index contributed by atoms with van der Waals surface area (Å²) in [5.74, 6) is 1.41. The van der Waals surface area contributed by atoms with Gasteiger partial charge in [0, 0.05) is 0 Å². The van der Waals surface area contributed by atoms with Crippen molar-refractivity contribution in [2.24, 2.45) is 0 Å². The molecular formula is C7H8O3. The zero-order valence-electron chi connectivity index (χ0n) is 5.66. The summed E-state index contributed by atoms with van der Waals surface area (Å²) in [5.41, 5.74) is 0. The number of ether oxygens (including phenoxy) is 2. The topological polar surface area (TPSA) is 31.6 Å². The van der Waals surface area contributed by atoms with Gasteiger partial charge in [0.25, 0.3) is 0 Å². The van der Waals surface area contributed by atoms with Gasteiger partial charge in [0.15, 0.2) is 11.5 Å². The molecule has 2 rings (SSSR count). The van der Waals surface area contributed by atoms with E-state index in [1.807, 2.05) is 6.92 Å². The third-order valence-electron chi connectivity index (χ3n) is 1.39. The molecule has 0 bridgehead atoms. The Morgan fingerprint density at radius 2 is 2.20 bits per heavy atom. The molecule has 0 saturated heterocycles. The first-order chi connectivity index (χ1) is 4.86. The lowest BCUT2D eigenvalue weighted by Gasteiger charge is -2.19. The second-order valence-electron chi connectivity index (χ2n) is 2.34. The Balaban J connectivity index is 2.30. The predicted molar refractivity (Wildman–Crippen MR) is 34.3 cm³/mol. The van der Waals surface area contributed by atoms with E-state index in [0.29, 0.717) is 18.1 Å². The van der Waals surface area contributed by atoms with Crippen molar-refractivity contribution in [1.82, 2.24) is 0 Å². The van der Waals surface area contributed by atoms with Crippen LogP contribution >= 0.6 is 0 Å². The van der Waals surface area contributed by atoms with Gasteiger partial charge >= 0.3 is 0 Å². The SMILES string of the molecule is CC1COc2cocc2O1. The Bertz CT molecular complexity index is 229. The van der Waals surface area contributed by atoms with Crippen LogP contribution < -0.4 is 9.47 Å². The van der Waals surface area contributed by atoms with Crippen LogP contribution in [0.3, 0.4) is 0 Å². The number of hydrogen-bond acceptors (Lipinski definition) is 3. The zero-order chi connectivity index (χ0) is 6.97. The first-order valence-corrected chi connectivity index (χ1v) is 3.22. The molecule has 0 fully saturated rings. The van der Waals surface area contributed by atoms with E-state index in [1.54, 1.807) is 12.5 Å².